The number of amides is 1. The monoisotopic (exact) mass is 347 g/mol. The van der Waals surface area contributed by atoms with Gasteiger partial charge in [0.2, 0.25) is 0 Å². The molecule has 0 bridgehead atoms. The van der Waals surface area contributed by atoms with Crippen LogP contribution in [0.5, 0.6) is 0 Å². The maximum Gasteiger partial charge on any atom is 0.253 e. The summed E-state index contributed by atoms with van der Waals surface area (Å²) in [5.41, 5.74) is 3.41. The molecular weight excluding hydrogens is 326 g/mol. The zero-order valence-electron chi connectivity index (χ0n) is 14.1. The van der Waals surface area contributed by atoms with Crippen molar-refractivity contribution in [2.24, 2.45) is 0 Å². The van der Waals surface area contributed by atoms with E-state index in [2.05, 4.69) is 5.10 Å². The van der Waals surface area contributed by atoms with Crippen LogP contribution in [-0.4, -0.2) is 53.6 Å². The molecule has 24 heavy (non-hydrogen) atoms. The molecule has 1 fully saturated rings. The maximum atomic E-state index is 12.6. The van der Waals surface area contributed by atoms with Crippen molar-refractivity contribution in [1.29, 1.82) is 0 Å². The number of aryl methyl sites for hydroxylation is 2. The molecule has 7 heteroatoms. The van der Waals surface area contributed by atoms with Gasteiger partial charge in [-0.25, -0.2) is 13.1 Å². The van der Waals surface area contributed by atoms with Crippen molar-refractivity contribution in [3.05, 3.63) is 47.3 Å². The Balaban J connectivity index is 1.78. The lowest BCUT2D eigenvalue weighted by Gasteiger charge is -2.23. The minimum atomic E-state index is -3.01. The summed E-state index contributed by atoms with van der Waals surface area (Å²) in [4.78, 5) is 14.1. The Morgan fingerprint density at radius 2 is 1.92 bits per heavy atom. The molecule has 0 radical (unpaired) electrons. The van der Waals surface area contributed by atoms with E-state index in [4.69, 9.17) is 0 Å². The van der Waals surface area contributed by atoms with Gasteiger partial charge in [-0.3, -0.25) is 4.79 Å². The maximum absolute atomic E-state index is 12.6. The summed E-state index contributed by atoms with van der Waals surface area (Å²) < 4.78 is 25.0. The van der Waals surface area contributed by atoms with E-state index in [0.717, 1.165) is 17.1 Å². The van der Waals surface area contributed by atoms with Crippen molar-refractivity contribution in [1.82, 2.24) is 14.7 Å². The van der Waals surface area contributed by atoms with Crippen LogP contribution in [-0.2, 0) is 9.84 Å². The van der Waals surface area contributed by atoms with Gasteiger partial charge >= 0.3 is 0 Å². The molecule has 1 aliphatic rings. The highest BCUT2D eigenvalue weighted by atomic mass is 32.2. The molecule has 1 atom stereocenters. The average molecular weight is 347 g/mol. The van der Waals surface area contributed by atoms with E-state index < -0.39 is 9.84 Å². The fraction of sp³-hybridized carbons (Fsp3) is 0.412. The second-order valence-corrected chi connectivity index (χ2v) is 8.59. The third-order valence-electron chi connectivity index (χ3n) is 4.44. The molecule has 0 aliphatic carbocycles. The van der Waals surface area contributed by atoms with Crippen LogP contribution in [0.25, 0.3) is 5.69 Å². The Kier molecular flexibility index (Phi) is 4.21. The van der Waals surface area contributed by atoms with Crippen molar-refractivity contribution < 1.29 is 13.2 Å². The zero-order chi connectivity index (χ0) is 17.5. The van der Waals surface area contributed by atoms with E-state index in [9.17, 15) is 13.2 Å². The standard InChI is InChI=1S/C17H21N3O3S/c1-12-10-13(2)20(18-12)15-6-4-14(5-7-15)17(21)19(3)16-8-9-24(22,23)11-16/h4-7,10,16H,8-9,11H2,1-3H3. The molecule has 1 aromatic heterocycles. The Bertz CT molecular complexity index is 869. The number of hydrogen-bond donors (Lipinski definition) is 0. The van der Waals surface area contributed by atoms with Crippen molar-refractivity contribution in [3.8, 4) is 5.69 Å². The van der Waals surface area contributed by atoms with Gasteiger partial charge in [-0.2, -0.15) is 5.10 Å². The molecule has 0 spiro atoms. The number of hydrogen-bond acceptors (Lipinski definition) is 4. The summed E-state index contributed by atoms with van der Waals surface area (Å²) in [5, 5.41) is 4.42. The third kappa shape index (κ3) is 3.21. The highest BCUT2D eigenvalue weighted by Gasteiger charge is 2.33. The van der Waals surface area contributed by atoms with Crippen LogP contribution >= 0.6 is 0 Å². The lowest BCUT2D eigenvalue weighted by Crippen LogP contribution is -2.37. The number of benzene rings is 1. The summed E-state index contributed by atoms with van der Waals surface area (Å²) in [5.74, 6) is 0.0580. The van der Waals surface area contributed by atoms with Crippen molar-refractivity contribution >= 4 is 15.7 Å². The summed E-state index contributed by atoms with van der Waals surface area (Å²) in [7, 11) is -1.34. The van der Waals surface area contributed by atoms with Gasteiger partial charge in [0.05, 0.1) is 22.9 Å². The minimum Gasteiger partial charge on any atom is -0.338 e. The van der Waals surface area contributed by atoms with Crippen molar-refractivity contribution in [2.45, 2.75) is 26.3 Å². The summed E-state index contributed by atoms with van der Waals surface area (Å²) >= 11 is 0. The third-order valence-corrected chi connectivity index (χ3v) is 6.20. The number of nitrogens with zero attached hydrogens (tertiary/aromatic N) is 3. The molecule has 1 saturated heterocycles. The minimum absolute atomic E-state index is 0.0546. The fourth-order valence-corrected chi connectivity index (χ4v) is 4.86. The number of rotatable bonds is 3. The van der Waals surface area contributed by atoms with Gasteiger partial charge in [-0.05, 0) is 50.6 Å². The molecule has 3 rings (SSSR count). The summed E-state index contributed by atoms with van der Waals surface area (Å²) in [6.45, 7) is 3.92. The fourth-order valence-electron chi connectivity index (χ4n) is 3.09. The van der Waals surface area contributed by atoms with Gasteiger partial charge in [-0.15, -0.1) is 0 Å². The van der Waals surface area contributed by atoms with Crippen LogP contribution in [0.15, 0.2) is 30.3 Å². The van der Waals surface area contributed by atoms with E-state index in [-0.39, 0.29) is 23.5 Å². The summed E-state index contributed by atoms with van der Waals surface area (Å²) in [6, 6.07) is 8.98. The van der Waals surface area contributed by atoms with Gasteiger partial charge in [0.25, 0.3) is 5.91 Å². The van der Waals surface area contributed by atoms with E-state index >= 15 is 0 Å². The summed E-state index contributed by atoms with van der Waals surface area (Å²) in [6.07, 6.45) is 0.508. The highest BCUT2D eigenvalue weighted by Crippen LogP contribution is 2.19. The Morgan fingerprint density at radius 1 is 1.25 bits per heavy atom. The van der Waals surface area contributed by atoms with Crippen LogP contribution < -0.4 is 0 Å². The molecule has 1 aromatic carbocycles. The first-order chi connectivity index (χ1) is 11.3. The number of sulfone groups is 1. The van der Waals surface area contributed by atoms with Crippen LogP contribution in [0.1, 0.15) is 28.2 Å². The predicted molar refractivity (Wildman–Crippen MR) is 92.2 cm³/mol. The van der Waals surface area contributed by atoms with Gasteiger partial charge in [0, 0.05) is 24.3 Å². The van der Waals surface area contributed by atoms with Crippen LogP contribution in [0, 0.1) is 13.8 Å². The average Bonchev–Trinajstić information content (AvgIpc) is 3.07. The molecule has 1 unspecified atom stereocenters. The van der Waals surface area contributed by atoms with E-state index in [0.29, 0.717) is 12.0 Å². The highest BCUT2D eigenvalue weighted by molar-refractivity contribution is 7.91. The molecular formula is C17H21N3O3S. The first-order valence-corrected chi connectivity index (χ1v) is 9.70. The van der Waals surface area contributed by atoms with Crippen molar-refractivity contribution in [2.75, 3.05) is 18.6 Å². The second-order valence-electron chi connectivity index (χ2n) is 6.36. The smallest absolute Gasteiger partial charge is 0.253 e. The number of aromatic nitrogens is 2. The first-order valence-electron chi connectivity index (χ1n) is 7.88. The lowest BCUT2D eigenvalue weighted by molar-refractivity contribution is 0.0747. The van der Waals surface area contributed by atoms with Gasteiger partial charge < -0.3 is 4.90 Å². The Morgan fingerprint density at radius 3 is 2.42 bits per heavy atom. The first kappa shape index (κ1) is 16.7. The molecule has 2 heterocycles. The largest absolute Gasteiger partial charge is 0.338 e. The number of carbonyl (C=O) groups is 1. The quantitative estimate of drug-likeness (QED) is 0.848. The van der Waals surface area contributed by atoms with Crippen LogP contribution in [0.3, 0.4) is 0 Å². The molecule has 2 aromatic rings. The predicted octanol–water partition coefficient (Wildman–Crippen LogP) is 1.75. The van der Waals surface area contributed by atoms with Crippen LogP contribution in [0.2, 0.25) is 0 Å². The molecule has 6 nitrogen and oxygen atoms in total. The Labute approximate surface area is 142 Å². The van der Waals surface area contributed by atoms with Crippen molar-refractivity contribution in [3.63, 3.8) is 0 Å². The SMILES string of the molecule is Cc1cc(C)n(-c2ccc(C(=O)N(C)C3CCS(=O)(=O)C3)cc2)n1. The molecule has 128 valence electrons. The second kappa shape index (κ2) is 6.05. The van der Waals surface area contributed by atoms with Gasteiger partial charge in [-0.1, -0.05) is 0 Å². The molecule has 0 saturated carbocycles. The van der Waals surface area contributed by atoms with Gasteiger partial charge in [0.1, 0.15) is 0 Å². The van der Waals surface area contributed by atoms with Crippen LogP contribution in [0.4, 0.5) is 0 Å². The normalized spacial score (nSPS) is 19.4. The van der Waals surface area contributed by atoms with E-state index in [1.807, 2.05) is 36.7 Å². The van der Waals surface area contributed by atoms with Gasteiger partial charge in [0.15, 0.2) is 9.84 Å². The number of carbonyl (C=O) groups excluding carboxylic acids is 1. The van der Waals surface area contributed by atoms with E-state index in [1.165, 1.54) is 0 Å². The molecule has 0 N–H and O–H groups in total. The molecule has 1 aliphatic heterocycles. The Hall–Kier alpha value is -2.15. The molecule has 1 amide bonds. The zero-order valence-corrected chi connectivity index (χ0v) is 14.9. The lowest BCUT2D eigenvalue weighted by atomic mass is 10.1. The topological polar surface area (TPSA) is 72.3 Å². The van der Waals surface area contributed by atoms with E-state index in [1.54, 1.807) is 24.1 Å².